The summed E-state index contributed by atoms with van der Waals surface area (Å²) in [6.07, 6.45) is 3.29. The molecule has 0 aliphatic rings. The molecule has 14 heavy (non-hydrogen) atoms. The van der Waals surface area contributed by atoms with Crippen LogP contribution in [0.4, 0.5) is 0 Å². The van der Waals surface area contributed by atoms with Crippen molar-refractivity contribution in [3.05, 3.63) is 23.6 Å². The highest BCUT2D eigenvalue weighted by molar-refractivity contribution is 6.99. The maximum Gasteiger partial charge on any atom is 0.170 e. The SMILES string of the molecule is COc1cncc(-c2nsnc2Cl)c1. The molecule has 0 N–H and O–H groups in total. The Kier molecular flexibility index (Phi) is 2.60. The van der Waals surface area contributed by atoms with E-state index < -0.39 is 0 Å². The molecule has 6 heteroatoms. The molecule has 2 heterocycles. The van der Waals surface area contributed by atoms with Gasteiger partial charge >= 0.3 is 0 Å². The van der Waals surface area contributed by atoms with Crippen molar-refractivity contribution < 1.29 is 4.74 Å². The highest BCUT2D eigenvalue weighted by Crippen LogP contribution is 2.26. The Hall–Kier alpha value is -1.20. The molecule has 4 nitrogen and oxygen atoms in total. The normalized spacial score (nSPS) is 10.1. The van der Waals surface area contributed by atoms with Crippen LogP contribution in [0.25, 0.3) is 11.3 Å². The lowest BCUT2D eigenvalue weighted by Crippen LogP contribution is -1.86. The van der Waals surface area contributed by atoms with E-state index in [0.29, 0.717) is 16.6 Å². The lowest BCUT2D eigenvalue weighted by molar-refractivity contribution is 0.413. The average molecular weight is 228 g/mol. The molecule has 0 unspecified atom stereocenters. The molecule has 72 valence electrons. The summed E-state index contributed by atoms with van der Waals surface area (Å²) in [4.78, 5) is 4.01. The predicted octanol–water partition coefficient (Wildman–Crippen LogP) is 2.26. The molecule has 0 aliphatic carbocycles. The van der Waals surface area contributed by atoms with Gasteiger partial charge in [-0.2, -0.15) is 8.75 Å². The van der Waals surface area contributed by atoms with Crippen molar-refractivity contribution in [2.75, 3.05) is 7.11 Å². The van der Waals surface area contributed by atoms with Gasteiger partial charge in [0.25, 0.3) is 0 Å². The third-order valence-electron chi connectivity index (χ3n) is 1.67. The molecule has 2 rings (SSSR count). The van der Waals surface area contributed by atoms with E-state index in [9.17, 15) is 0 Å². The molecule has 0 amide bonds. The highest BCUT2D eigenvalue weighted by Gasteiger charge is 2.08. The van der Waals surface area contributed by atoms with Gasteiger partial charge in [-0.25, -0.2) is 0 Å². The maximum absolute atomic E-state index is 5.84. The number of halogens is 1. The fraction of sp³-hybridized carbons (Fsp3) is 0.125. The van der Waals surface area contributed by atoms with E-state index in [1.807, 2.05) is 6.07 Å². The first-order valence-electron chi connectivity index (χ1n) is 3.78. The molecule has 0 spiro atoms. The Morgan fingerprint density at radius 2 is 2.21 bits per heavy atom. The van der Waals surface area contributed by atoms with Crippen molar-refractivity contribution in [1.82, 2.24) is 13.7 Å². The fourth-order valence-electron chi connectivity index (χ4n) is 1.01. The van der Waals surface area contributed by atoms with Gasteiger partial charge in [0, 0.05) is 11.8 Å². The van der Waals surface area contributed by atoms with E-state index in [-0.39, 0.29) is 0 Å². The molecule has 0 aromatic carbocycles. The Bertz CT molecular complexity index is 446. The number of aromatic nitrogens is 3. The standard InChI is InChI=1S/C8H6ClN3OS/c1-13-6-2-5(3-10-4-6)7-8(9)12-14-11-7/h2-4H,1H3. The van der Waals surface area contributed by atoms with Gasteiger partial charge in [-0.05, 0) is 6.07 Å². The number of hydrogen-bond acceptors (Lipinski definition) is 5. The van der Waals surface area contributed by atoms with E-state index in [4.69, 9.17) is 16.3 Å². The first-order chi connectivity index (χ1) is 6.81. The second-order valence-corrected chi connectivity index (χ2v) is 3.40. The summed E-state index contributed by atoms with van der Waals surface area (Å²) in [6, 6.07) is 1.82. The molecule has 0 atom stereocenters. The van der Waals surface area contributed by atoms with Crippen LogP contribution in [-0.2, 0) is 0 Å². The van der Waals surface area contributed by atoms with Gasteiger partial charge in [-0.1, -0.05) is 11.6 Å². The van der Waals surface area contributed by atoms with Gasteiger partial charge in [0.2, 0.25) is 0 Å². The number of rotatable bonds is 2. The lowest BCUT2D eigenvalue weighted by Gasteiger charge is -2.00. The Morgan fingerprint density at radius 3 is 2.86 bits per heavy atom. The van der Waals surface area contributed by atoms with Crippen LogP contribution in [0.3, 0.4) is 0 Å². The van der Waals surface area contributed by atoms with E-state index >= 15 is 0 Å². The van der Waals surface area contributed by atoms with Crippen molar-refractivity contribution in [3.8, 4) is 17.0 Å². The topological polar surface area (TPSA) is 47.9 Å². The lowest BCUT2D eigenvalue weighted by atomic mass is 10.2. The Labute approximate surface area is 89.9 Å². The van der Waals surface area contributed by atoms with Gasteiger partial charge in [-0.15, -0.1) is 0 Å². The molecular weight excluding hydrogens is 222 g/mol. The second-order valence-electron chi connectivity index (χ2n) is 2.52. The zero-order chi connectivity index (χ0) is 9.97. The Morgan fingerprint density at radius 1 is 1.36 bits per heavy atom. The van der Waals surface area contributed by atoms with E-state index in [0.717, 1.165) is 17.3 Å². The van der Waals surface area contributed by atoms with Crippen molar-refractivity contribution in [2.24, 2.45) is 0 Å². The summed E-state index contributed by atoms with van der Waals surface area (Å²) in [6.45, 7) is 0. The molecule has 0 saturated carbocycles. The van der Waals surface area contributed by atoms with E-state index in [2.05, 4.69) is 13.7 Å². The highest BCUT2D eigenvalue weighted by atomic mass is 35.5. The summed E-state index contributed by atoms with van der Waals surface area (Å²) in [5.74, 6) is 0.673. The smallest absolute Gasteiger partial charge is 0.170 e. The molecule has 2 aromatic heterocycles. The quantitative estimate of drug-likeness (QED) is 0.790. The monoisotopic (exact) mass is 227 g/mol. The van der Waals surface area contributed by atoms with Crippen molar-refractivity contribution >= 4 is 23.3 Å². The maximum atomic E-state index is 5.84. The van der Waals surface area contributed by atoms with Crippen LogP contribution in [0.2, 0.25) is 5.15 Å². The predicted molar refractivity (Wildman–Crippen MR) is 54.7 cm³/mol. The summed E-state index contributed by atoms with van der Waals surface area (Å²) >= 11 is 6.91. The fourth-order valence-corrected chi connectivity index (χ4v) is 1.78. The number of hydrogen-bond donors (Lipinski definition) is 0. The molecule has 2 aromatic rings. The van der Waals surface area contributed by atoms with Crippen molar-refractivity contribution in [3.63, 3.8) is 0 Å². The zero-order valence-electron chi connectivity index (χ0n) is 7.27. The van der Waals surface area contributed by atoms with E-state index in [1.165, 1.54) is 0 Å². The average Bonchev–Trinajstić information content (AvgIpc) is 2.65. The molecule has 0 bridgehead atoms. The third kappa shape index (κ3) is 1.69. The van der Waals surface area contributed by atoms with Crippen molar-refractivity contribution in [2.45, 2.75) is 0 Å². The van der Waals surface area contributed by atoms with Gasteiger partial charge in [0.15, 0.2) is 5.15 Å². The minimum atomic E-state index is 0.394. The summed E-state index contributed by atoms with van der Waals surface area (Å²) < 4.78 is 13.0. The first kappa shape index (κ1) is 9.36. The number of nitrogens with zero attached hydrogens (tertiary/aromatic N) is 3. The van der Waals surface area contributed by atoms with Crippen molar-refractivity contribution in [1.29, 1.82) is 0 Å². The molecule has 0 saturated heterocycles. The summed E-state index contributed by atoms with van der Waals surface area (Å²) in [5.41, 5.74) is 1.45. The minimum Gasteiger partial charge on any atom is -0.495 e. The Balaban J connectivity index is 2.47. The summed E-state index contributed by atoms with van der Waals surface area (Å²) in [5, 5.41) is 0.394. The van der Waals surface area contributed by atoms with Crippen LogP contribution in [0.5, 0.6) is 5.75 Å². The van der Waals surface area contributed by atoms with Gasteiger partial charge in [-0.3, -0.25) is 4.98 Å². The molecular formula is C8H6ClN3OS. The first-order valence-corrected chi connectivity index (χ1v) is 4.89. The van der Waals surface area contributed by atoms with Crippen LogP contribution in [0.15, 0.2) is 18.5 Å². The molecule has 0 fully saturated rings. The summed E-state index contributed by atoms with van der Waals surface area (Å²) in [7, 11) is 1.59. The van der Waals surface area contributed by atoms with E-state index in [1.54, 1.807) is 19.5 Å². The zero-order valence-corrected chi connectivity index (χ0v) is 8.84. The molecule has 0 radical (unpaired) electrons. The van der Waals surface area contributed by atoms with Crippen LogP contribution >= 0.6 is 23.3 Å². The van der Waals surface area contributed by atoms with Gasteiger partial charge in [0.05, 0.1) is 25.0 Å². The third-order valence-corrected chi connectivity index (χ3v) is 2.56. The van der Waals surface area contributed by atoms with Crippen LogP contribution in [0, 0.1) is 0 Å². The molecule has 0 aliphatic heterocycles. The van der Waals surface area contributed by atoms with Gasteiger partial charge in [0.1, 0.15) is 11.4 Å². The largest absolute Gasteiger partial charge is 0.495 e. The van der Waals surface area contributed by atoms with Crippen LogP contribution in [-0.4, -0.2) is 20.8 Å². The van der Waals surface area contributed by atoms with Crippen LogP contribution < -0.4 is 4.74 Å². The van der Waals surface area contributed by atoms with Gasteiger partial charge < -0.3 is 4.74 Å². The second kappa shape index (κ2) is 3.89. The number of ether oxygens (including phenoxy) is 1. The number of methoxy groups -OCH3 is 1. The van der Waals surface area contributed by atoms with Crippen LogP contribution in [0.1, 0.15) is 0 Å². The minimum absolute atomic E-state index is 0.394. The number of pyridine rings is 1.